The Morgan fingerprint density at radius 3 is 1.78 bits per heavy atom. The highest BCUT2D eigenvalue weighted by Crippen LogP contribution is 2.37. The van der Waals surface area contributed by atoms with Crippen molar-refractivity contribution in [3.8, 4) is 11.8 Å². The van der Waals surface area contributed by atoms with Crippen molar-refractivity contribution in [3.05, 3.63) is 64.7 Å². The lowest BCUT2D eigenvalue weighted by atomic mass is 9.78. The summed E-state index contributed by atoms with van der Waals surface area (Å²) in [7, 11) is 0. The van der Waals surface area contributed by atoms with Gasteiger partial charge in [0.15, 0.2) is 0 Å². The van der Waals surface area contributed by atoms with Crippen molar-refractivity contribution in [3.63, 3.8) is 0 Å². The largest absolute Gasteiger partial charge is 0.425 e. The summed E-state index contributed by atoms with van der Waals surface area (Å²) in [5.74, 6) is 0.680. The van der Waals surface area contributed by atoms with Crippen molar-refractivity contribution in [1.29, 1.82) is 5.26 Å². The van der Waals surface area contributed by atoms with Crippen LogP contribution in [0.5, 0.6) is 5.75 Å². The van der Waals surface area contributed by atoms with Crippen LogP contribution in [0.25, 0.3) is 0 Å². The second kappa shape index (κ2) is 19.5. The molecule has 1 saturated carbocycles. The molecule has 2 aromatic rings. The summed E-state index contributed by atoms with van der Waals surface area (Å²) in [6.45, 7) is 4.52. The number of ether oxygens (including phenoxy) is 1. The molecular formula is C38H55NO2. The maximum atomic E-state index is 13.0. The van der Waals surface area contributed by atoms with Crippen LogP contribution in [-0.4, -0.2) is 5.97 Å². The quantitative estimate of drug-likeness (QED) is 0.0980. The van der Waals surface area contributed by atoms with E-state index in [4.69, 9.17) is 4.74 Å². The summed E-state index contributed by atoms with van der Waals surface area (Å²) in [6, 6.07) is 17.3. The molecule has 3 rings (SSSR count). The molecule has 0 heterocycles. The first-order valence-electron chi connectivity index (χ1n) is 17.0. The first-order chi connectivity index (χ1) is 20.1. The Hall–Kier alpha value is -2.60. The molecule has 2 aromatic carbocycles. The first-order valence-corrected chi connectivity index (χ1v) is 17.0. The van der Waals surface area contributed by atoms with E-state index < -0.39 is 0 Å². The van der Waals surface area contributed by atoms with Gasteiger partial charge >= 0.3 is 5.97 Å². The van der Waals surface area contributed by atoms with Gasteiger partial charge in [0.2, 0.25) is 0 Å². The van der Waals surface area contributed by atoms with E-state index in [1.54, 1.807) is 0 Å². The lowest BCUT2D eigenvalue weighted by molar-refractivity contribution is -0.140. The Balaban J connectivity index is 1.38. The highest BCUT2D eigenvalue weighted by atomic mass is 16.5. The van der Waals surface area contributed by atoms with Crippen molar-refractivity contribution in [2.75, 3.05) is 0 Å². The fourth-order valence-corrected chi connectivity index (χ4v) is 6.29. The van der Waals surface area contributed by atoms with Gasteiger partial charge in [0, 0.05) is 0 Å². The minimum atomic E-state index is -0.176. The molecule has 1 aliphatic carbocycles. The lowest BCUT2D eigenvalue weighted by Gasteiger charge is -2.27. The number of unbranched alkanes of at least 4 members (excludes halogenated alkanes) is 12. The smallest absolute Gasteiger partial charge is 0.314 e. The fraction of sp³-hybridized carbons (Fsp3) is 0.632. The predicted octanol–water partition coefficient (Wildman–Crippen LogP) is 11.0. The second-order valence-corrected chi connectivity index (χ2v) is 12.4. The Bertz CT molecular complexity index is 1040. The van der Waals surface area contributed by atoms with E-state index in [0.29, 0.717) is 17.2 Å². The third-order valence-electron chi connectivity index (χ3n) is 9.02. The predicted molar refractivity (Wildman–Crippen MR) is 171 cm³/mol. The van der Waals surface area contributed by atoms with Gasteiger partial charge in [0.05, 0.1) is 11.5 Å². The monoisotopic (exact) mass is 557 g/mol. The summed E-state index contributed by atoms with van der Waals surface area (Å²) in [5.41, 5.74) is 4.48. The Kier molecular flexibility index (Phi) is 15.7. The number of nitriles is 1. The third kappa shape index (κ3) is 12.0. The van der Waals surface area contributed by atoms with E-state index in [1.165, 1.54) is 101 Å². The van der Waals surface area contributed by atoms with Crippen LogP contribution in [0.3, 0.4) is 0 Å². The summed E-state index contributed by atoms with van der Waals surface area (Å²) < 4.78 is 5.78. The number of carbonyl (C=O) groups excluding carboxylic acids is 1. The molecule has 0 unspecified atom stereocenters. The Morgan fingerprint density at radius 2 is 1.22 bits per heavy atom. The van der Waals surface area contributed by atoms with E-state index in [1.807, 2.05) is 18.2 Å². The van der Waals surface area contributed by atoms with Gasteiger partial charge in [0.25, 0.3) is 0 Å². The van der Waals surface area contributed by atoms with Gasteiger partial charge in [-0.25, -0.2) is 0 Å². The molecule has 1 aliphatic rings. The number of carbonyl (C=O) groups is 1. The Morgan fingerprint density at radius 1 is 0.707 bits per heavy atom. The molecule has 0 radical (unpaired) electrons. The molecule has 0 bridgehead atoms. The zero-order valence-corrected chi connectivity index (χ0v) is 26.1. The standard InChI is InChI=1S/C38H55NO2/c1-3-5-7-9-11-12-14-16-18-32-21-28-37(36(29-32)30-39)41-38(40)35-26-24-34(25-27-35)33-22-19-31(20-23-33)17-15-13-10-8-6-4-2/h19-23,28-29,34-35H,3-18,24-27H2,1-2H3. The summed E-state index contributed by atoms with van der Waals surface area (Å²) in [4.78, 5) is 13.0. The highest BCUT2D eigenvalue weighted by molar-refractivity contribution is 5.76. The number of hydrogen-bond donors (Lipinski definition) is 0. The number of hydrogen-bond acceptors (Lipinski definition) is 3. The van der Waals surface area contributed by atoms with E-state index in [2.05, 4.69) is 44.2 Å². The van der Waals surface area contributed by atoms with Crippen LogP contribution in [0.2, 0.25) is 0 Å². The molecule has 0 spiro atoms. The third-order valence-corrected chi connectivity index (χ3v) is 9.02. The molecule has 3 nitrogen and oxygen atoms in total. The van der Waals surface area contributed by atoms with Crippen molar-refractivity contribution < 1.29 is 9.53 Å². The lowest BCUT2D eigenvalue weighted by Crippen LogP contribution is -2.25. The maximum Gasteiger partial charge on any atom is 0.314 e. The number of benzene rings is 2. The molecule has 0 aliphatic heterocycles. The number of esters is 1. The zero-order chi connectivity index (χ0) is 29.1. The Labute approximate surface area is 251 Å². The zero-order valence-electron chi connectivity index (χ0n) is 26.1. The van der Waals surface area contributed by atoms with Gasteiger partial charge in [-0.05, 0) is 86.1 Å². The van der Waals surface area contributed by atoms with Crippen LogP contribution in [-0.2, 0) is 17.6 Å². The summed E-state index contributed by atoms with van der Waals surface area (Å²) in [5, 5.41) is 9.71. The van der Waals surface area contributed by atoms with Gasteiger partial charge in [-0.2, -0.15) is 5.26 Å². The van der Waals surface area contributed by atoms with E-state index in [-0.39, 0.29) is 11.9 Å². The minimum absolute atomic E-state index is 0.0817. The van der Waals surface area contributed by atoms with Crippen LogP contribution in [0.1, 0.15) is 158 Å². The van der Waals surface area contributed by atoms with Crippen LogP contribution >= 0.6 is 0 Å². The van der Waals surface area contributed by atoms with Crippen molar-refractivity contribution in [2.45, 2.75) is 148 Å². The number of nitrogens with zero attached hydrogens (tertiary/aromatic N) is 1. The van der Waals surface area contributed by atoms with E-state index >= 15 is 0 Å². The van der Waals surface area contributed by atoms with Crippen LogP contribution in [0.15, 0.2) is 42.5 Å². The van der Waals surface area contributed by atoms with Gasteiger partial charge < -0.3 is 4.74 Å². The minimum Gasteiger partial charge on any atom is -0.425 e. The average Bonchev–Trinajstić information content (AvgIpc) is 3.01. The molecule has 41 heavy (non-hydrogen) atoms. The van der Waals surface area contributed by atoms with Crippen molar-refractivity contribution in [1.82, 2.24) is 0 Å². The molecule has 0 atom stereocenters. The fourth-order valence-electron chi connectivity index (χ4n) is 6.29. The highest BCUT2D eigenvalue weighted by Gasteiger charge is 2.29. The second-order valence-electron chi connectivity index (χ2n) is 12.4. The topological polar surface area (TPSA) is 50.1 Å². The molecular weight excluding hydrogens is 502 g/mol. The molecule has 224 valence electrons. The molecule has 0 saturated heterocycles. The van der Waals surface area contributed by atoms with Gasteiger partial charge in [0.1, 0.15) is 11.8 Å². The molecule has 0 aromatic heterocycles. The van der Waals surface area contributed by atoms with Gasteiger partial charge in [-0.1, -0.05) is 121 Å². The molecule has 0 amide bonds. The molecule has 3 heteroatoms. The summed E-state index contributed by atoms with van der Waals surface area (Å²) in [6.07, 6.45) is 24.2. The average molecular weight is 558 g/mol. The normalized spacial score (nSPS) is 16.8. The SMILES string of the molecule is CCCCCCCCCCc1ccc(OC(=O)C2CCC(c3ccc(CCCCCCCC)cc3)CC2)c(C#N)c1. The maximum absolute atomic E-state index is 13.0. The number of aryl methyl sites for hydroxylation is 2. The molecule has 0 N–H and O–H groups in total. The first kappa shape index (κ1) is 32.9. The summed E-state index contributed by atoms with van der Waals surface area (Å²) >= 11 is 0. The van der Waals surface area contributed by atoms with Crippen LogP contribution in [0, 0.1) is 17.2 Å². The van der Waals surface area contributed by atoms with Crippen LogP contribution < -0.4 is 4.74 Å². The van der Waals surface area contributed by atoms with Gasteiger partial charge in [-0.3, -0.25) is 4.79 Å². The van der Waals surface area contributed by atoms with E-state index in [0.717, 1.165) is 44.1 Å². The van der Waals surface area contributed by atoms with Gasteiger partial charge in [-0.15, -0.1) is 0 Å². The van der Waals surface area contributed by atoms with Crippen molar-refractivity contribution >= 4 is 5.97 Å². The molecule has 1 fully saturated rings. The van der Waals surface area contributed by atoms with Crippen molar-refractivity contribution in [2.24, 2.45) is 5.92 Å². The van der Waals surface area contributed by atoms with Crippen LogP contribution in [0.4, 0.5) is 0 Å². The van der Waals surface area contributed by atoms with E-state index in [9.17, 15) is 10.1 Å². The number of rotatable bonds is 19.